The molecule has 0 radical (unpaired) electrons. The Morgan fingerprint density at radius 3 is 2.70 bits per heavy atom. The molecule has 1 aliphatic heterocycles. The van der Waals surface area contributed by atoms with Crippen molar-refractivity contribution in [2.24, 2.45) is 0 Å². The highest BCUT2D eigenvalue weighted by Gasteiger charge is 2.23. The Bertz CT molecular complexity index is 785. The van der Waals surface area contributed by atoms with E-state index in [1.807, 2.05) is 0 Å². The van der Waals surface area contributed by atoms with Gasteiger partial charge in [-0.1, -0.05) is 12.1 Å². The monoisotopic (exact) mass is 376 g/mol. The highest BCUT2D eigenvalue weighted by atomic mass is 19.1. The molecule has 1 aromatic heterocycles. The standard InChI is InChI=1S/C17H21FN6O3/c18-13-4-1-2-5-14(13)22-17-15(24(25)26)16(20-12-21-17)19-6-3-7-23-8-10-27-11-9-23/h1-2,4-5,12H,3,6-11H2,(H2,19,20,21,22). The summed E-state index contributed by atoms with van der Waals surface area (Å²) in [7, 11) is 0. The summed E-state index contributed by atoms with van der Waals surface area (Å²) in [6, 6.07) is 5.91. The smallest absolute Gasteiger partial charge is 0.353 e. The number of morpholine rings is 1. The van der Waals surface area contributed by atoms with Crippen molar-refractivity contribution in [1.82, 2.24) is 14.9 Å². The minimum Gasteiger partial charge on any atom is -0.379 e. The molecule has 0 unspecified atom stereocenters. The summed E-state index contributed by atoms with van der Waals surface area (Å²) in [6.07, 6.45) is 2.01. The number of nitrogens with zero attached hydrogens (tertiary/aromatic N) is 4. The van der Waals surface area contributed by atoms with Gasteiger partial charge in [0.25, 0.3) is 0 Å². The van der Waals surface area contributed by atoms with Gasteiger partial charge in [-0.05, 0) is 25.1 Å². The van der Waals surface area contributed by atoms with E-state index in [2.05, 4.69) is 25.5 Å². The van der Waals surface area contributed by atoms with Crippen LogP contribution in [0.1, 0.15) is 6.42 Å². The Morgan fingerprint density at radius 2 is 1.96 bits per heavy atom. The SMILES string of the molecule is O=[N+]([O-])c1c(NCCCN2CCOCC2)ncnc1Nc1ccccc1F. The fraction of sp³-hybridized carbons (Fsp3) is 0.412. The normalized spacial score (nSPS) is 14.7. The maximum absolute atomic E-state index is 13.8. The molecule has 0 aliphatic carbocycles. The topological polar surface area (TPSA) is 105 Å². The average molecular weight is 376 g/mol. The molecule has 27 heavy (non-hydrogen) atoms. The van der Waals surface area contributed by atoms with Crippen molar-refractivity contribution in [3.8, 4) is 0 Å². The van der Waals surface area contributed by atoms with E-state index in [1.54, 1.807) is 6.07 Å². The van der Waals surface area contributed by atoms with Crippen LogP contribution in [0, 0.1) is 15.9 Å². The number of aromatic nitrogens is 2. The number of hydrogen-bond donors (Lipinski definition) is 2. The van der Waals surface area contributed by atoms with Gasteiger partial charge in [-0.15, -0.1) is 0 Å². The Hall–Kier alpha value is -2.85. The van der Waals surface area contributed by atoms with Crippen LogP contribution in [-0.2, 0) is 4.74 Å². The van der Waals surface area contributed by atoms with Crippen LogP contribution in [0.15, 0.2) is 30.6 Å². The minimum absolute atomic E-state index is 0.0595. The van der Waals surface area contributed by atoms with Crippen molar-refractivity contribution >= 4 is 23.0 Å². The molecule has 2 aromatic rings. The average Bonchev–Trinajstić information content (AvgIpc) is 2.68. The largest absolute Gasteiger partial charge is 0.379 e. The molecular formula is C17H21FN6O3. The lowest BCUT2D eigenvalue weighted by molar-refractivity contribution is -0.383. The molecule has 1 saturated heterocycles. The van der Waals surface area contributed by atoms with E-state index in [0.29, 0.717) is 6.54 Å². The minimum atomic E-state index is -0.576. The van der Waals surface area contributed by atoms with E-state index >= 15 is 0 Å². The second-order valence-electron chi connectivity index (χ2n) is 6.02. The fourth-order valence-corrected chi connectivity index (χ4v) is 2.80. The van der Waals surface area contributed by atoms with Crippen LogP contribution < -0.4 is 10.6 Å². The summed E-state index contributed by atoms with van der Waals surface area (Å²) in [5, 5.41) is 17.2. The van der Waals surface area contributed by atoms with E-state index in [-0.39, 0.29) is 23.0 Å². The number of para-hydroxylation sites is 1. The molecule has 0 saturated carbocycles. The van der Waals surface area contributed by atoms with E-state index in [1.165, 1.54) is 24.5 Å². The van der Waals surface area contributed by atoms with Gasteiger partial charge in [0, 0.05) is 19.6 Å². The third-order valence-electron chi connectivity index (χ3n) is 4.18. The van der Waals surface area contributed by atoms with Gasteiger partial charge in [-0.3, -0.25) is 15.0 Å². The first kappa shape index (κ1) is 18.9. The number of ether oxygens (including phenoxy) is 1. The molecule has 0 bridgehead atoms. The van der Waals surface area contributed by atoms with Crippen LogP contribution in [0.25, 0.3) is 0 Å². The molecule has 10 heteroatoms. The van der Waals surface area contributed by atoms with Crippen molar-refractivity contribution in [3.05, 3.63) is 46.5 Å². The lowest BCUT2D eigenvalue weighted by Gasteiger charge is -2.26. The molecule has 1 fully saturated rings. The molecule has 0 amide bonds. The molecule has 1 aliphatic rings. The second-order valence-corrected chi connectivity index (χ2v) is 6.02. The van der Waals surface area contributed by atoms with Crippen LogP contribution in [0.2, 0.25) is 0 Å². The lowest BCUT2D eigenvalue weighted by atomic mass is 10.3. The highest BCUT2D eigenvalue weighted by Crippen LogP contribution is 2.31. The van der Waals surface area contributed by atoms with Crippen molar-refractivity contribution in [1.29, 1.82) is 0 Å². The summed E-state index contributed by atoms with van der Waals surface area (Å²) in [5.41, 5.74) is -0.204. The molecule has 0 spiro atoms. The zero-order chi connectivity index (χ0) is 19.1. The number of halogens is 1. The van der Waals surface area contributed by atoms with Crippen LogP contribution in [0.5, 0.6) is 0 Å². The van der Waals surface area contributed by atoms with Crippen LogP contribution in [-0.4, -0.2) is 59.2 Å². The maximum Gasteiger partial charge on any atom is 0.353 e. The van der Waals surface area contributed by atoms with Crippen molar-refractivity contribution in [2.75, 3.05) is 50.0 Å². The number of rotatable bonds is 8. The van der Waals surface area contributed by atoms with Gasteiger partial charge in [-0.2, -0.15) is 0 Å². The Balaban J connectivity index is 1.66. The predicted octanol–water partition coefficient (Wildman–Crippen LogP) is 2.40. The first-order valence-electron chi connectivity index (χ1n) is 8.70. The fourth-order valence-electron chi connectivity index (χ4n) is 2.80. The summed E-state index contributed by atoms with van der Waals surface area (Å²) in [6.45, 7) is 4.64. The van der Waals surface area contributed by atoms with Gasteiger partial charge in [0.15, 0.2) is 0 Å². The number of anilines is 3. The third-order valence-corrected chi connectivity index (χ3v) is 4.18. The predicted molar refractivity (Wildman–Crippen MR) is 98.7 cm³/mol. The van der Waals surface area contributed by atoms with Gasteiger partial charge in [0.05, 0.1) is 23.8 Å². The third kappa shape index (κ3) is 5.08. The number of hydrogen-bond acceptors (Lipinski definition) is 8. The molecule has 0 atom stereocenters. The first-order chi connectivity index (χ1) is 13.1. The van der Waals surface area contributed by atoms with Gasteiger partial charge >= 0.3 is 5.69 Å². The molecular weight excluding hydrogens is 355 g/mol. The van der Waals surface area contributed by atoms with Crippen LogP contribution >= 0.6 is 0 Å². The number of nitro groups is 1. The summed E-state index contributed by atoms with van der Waals surface area (Å²) >= 11 is 0. The van der Waals surface area contributed by atoms with E-state index in [4.69, 9.17) is 4.74 Å². The van der Waals surface area contributed by atoms with Crippen LogP contribution in [0.4, 0.5) is 27.4 Å². The molecule has 3 rings (SSSR count). The van der Waals surface area contributed by atoms with Gasteiger partial charge in [0.2, 0.25) is 11.6 Å². The number of nitrogens with one attached hydrogen (secondary N) is 2. The van der Waals surface area contributed by atoms with Crippen molar-refractivity contribution in [2.45, 2.75) is 6.42 Å². The Morgan fingerprint density at radius 1 is 1.22 bits per heavy atom. The number of benzene rings is 1. The van der Waals surface area contributed by atoms with Crippen LogP contribution in [0.3, 0.4) is 0 Å². The van der Waals surface area contributed by atoms with Gasteiger partial charge < -0.3 is 15.4 Å². The molecule has 9 nitrogen and oxygen atoms in total. The van der Waals surface area contributed by atoms with Gasteiger partial charge in [-0.25, -0.2) is 14.4 Å². The second kappa shape index (κ2) is 9.19. The van der Waals surface area contributed by atoms with E-state index in [9.17, 15) is 14.5 Å². The maximum atomic E-state index is 13.8. The quantitative estimate of drug-likeness (QED) is 0.411. The van der Waals surface area contributed by atoms with Crippen molar-refractivity contribution in [3.63, 3.8) is 0 Å². The molecule has 144 valence electrons. The molecule has 2 N–H and O–H groups in total. The lowest BCUT2D eigenvalue weighted by Crippen LogP contribution is -2.37. The summed E-state index contributed by atoms with van der Waals surface area (Å²) in [5.74, 6) is -0.475. The summed E-state index contributed by atoms with van der Waals surface area (Å²) in [4.78, 5) is 21.1. The Kier molecular flexibility index (Phi) is 6.44. The van der Waals surface area contributed by atoms with E-state index in [0.717, 1.165) is 39.3 Å². The zero-order valence-corrected chi connectivity index (χ0v) is 14.7. The van der Waals surface area contributed by atoms with Gasteiger partial charge in [0.1, 0.15) is 12.1 Å². The summed E-state index contributed by atoms with van der Waals surface area (Å²) < 4.78 is 19.1. The zero-order valence-electron chi connectivity index (χ0n) is 14.7. The molecule has 1 aromatic carbocycles. The van der Waals surface area contributed by atoms with E-state index < -0.39 is 10.7 Å². The molecule has 2 heterocycles. The first-order valence-corrected chi connectivity index (χ1v) is 8.70. The highest BCUT2D eigenvalue weighted by molar-refractivity contribution is 5.73. The van der Waals surface area contributed by atoms with Crippen molar-refractivity contribution < 1.29 is 14.1 Å². The Labute approximate surface area is 155 Å².